The van der Waals surface area contributed by atoms with E-state index in [2.05, 4.69) is 5.32 Å². The molecule has 1 rings (SSSR count). The summed E-state index contributed by atoms with van der Waals surface area (Å²) < 4.78 is 17.6. The third-order valence-electron chi connectivity index (χ3n) is 2.07. The third kappa shape index (κ3) is 3.86. The van der Waals surface area contributed by atoms with Crippen molar-refractivity contribution in [2.75, 3.05) is 6.61 Å². The van der Waals surface area contributed by atoms with E-state index in [1.165, 1.54) is 25.1 Å². The molecular formula is C12H14FNO3. The summed E-state index contributed by atoms with van der Waals surface area (Å²) in [5.74, 6) is -1.52. The van der Waals surface area contributed by atoms with Gasteiger partial charge in [0.2, 0.25) is 0 Å². The second-order valence-electron chi connectivity index (χ2n) is 3.46. The van der Waals surface area contributed by atoms with Gasteiger partial charge in [-0.05, 0) is 32.0 Å². The van der Waals surface area contributed by atoms with Crippen LogP contribution in [0.3, 0.4) is 0 Å². The SMILES string of the molecule is CCOC(=O)C(C)NC(=O)c1cccc(F)c1. The van der Waals surface area contributed by atoms with E-state index >= 15 is 0 Å². The van der Waals surface area contributed by atoms with Crippen LogP contribution >= 0.6 is 0 Å². The normalized spacial score (nSPS) is 11.7. The Kier molecular flexibility index (Phi) is 4.63. The minimum atomic E-state index is -0.759. The van der Waals surface area contributed by atoms with Crippen LogP contribution < -0.4 is 5.32 Å². The van der Waals surface area contributed by atoms with Gasteiger partial charge in [0.1, 0.15) is 11.9 Å². The van der Waals surface area contributed by atoms with Gasteiger partial charge in [-0.1, -0.05) is 6.07 Å². The standard InChI is InChI=1S/C12H14FNO3/c1-3-17-12(16)8(2)14-11(15)9-5-4-6-10(13)7-9/h4-8H,3H2,1-2H3,(H,14,15). The lowest BCUT2D eigenvalue weighted by Gasteiger charge is -2.12. The fraction of sp³-hybridized carbons (Fsp3) is 0.333. The monoisotopic (exact) mass is 239 g/mol. The molecule has 1 unspecified atom stereocenters. The molecule has 17 heavy (non-hydrogen) atoms. The van der Waals surface area contributed by atoms with Crippen LogP contribution in [-0.2, 0) is 9.53 Å². The molecule has 1 aromatic rings. The highest BCUT2D eigenvalue weighted by Crippen LogP contribution is 2.03. The number of carbonyl (C=O) groups excluding carboxylic acids is 2. The number of halogens is 1. The van der Waals surface area contributed by atoms with Gasteiger partial charge in [-0.15, -0.1) is 0 Å². The fourth-order valence-electron chi connectivity index (χ4n) is 1.24. The first-order valence-corrected chi connectivity index (χ1v) is 5.27. The molecule has 0 heterocycles. The smallest absolute Gasteiger partial charge is 0.328 e. The lowest BCUT2D eigenvalue weighted by molar-refractivity contribution is -0.144. The Labute approximate surface area is 98.8 Å². The van der Waals surface area contributed by atoms with Crippen molar-refractivity contribution in [1.29, 1.82) is 0 Å². The molecule has 0 aliphatic rings. The number of amides is 1. The summed E-state index contributed by atoms with van der Waals surface area (Å²) in [6, 6.07) is 4.49. The highest BCUT2D eigenvalue weighted by molar-refractivity contribution is 5.96. The van der Waals surface area contributed by atoms with Crippen LogP contribution in [0.25, 0.3) is 0 Å². The molecule has 1 aromatic carbocycles. The maximum Gasteiger partial charge on any atom is 0.328 e. The molecule has 1 N–H and O–H groups in total. The van der Waals surface area contributed by atoms with Crippen LogP contribution in [0, 0.1) is 5.82 Å². The maximum atomic E-state index is 12.9. The first kappa shape index (κ1) is 13.2. The van der Waals surface area contributed by atoms with Gasteiger partial charge >= 0.3 is 5.97 Å². The minimum absolute atomic E-state index is 0.168. The molecule has 0 aliphatic carbocycles. The zero-order valence-corrected chi connectivity index (χ0v) is 9.70. The van der Waals surface area contributed by atoms with E-state index in [9.17, 15) is 14.0 Å². The Morgan fingerprint density at radius 1 is 1.47 bits per heavy atom. The van der Waals surface area contributed by atoms with Gasteiger partial charge in [-0.3, -0.25) is 4.79 Å². The molecule has 1 atom stereocenters. The Balaban J connectivity index is 2.63. The fourth-order valence-corrected chi connectivity index (χ4v) is 1.24. The lowest BCUT2D eigenvalue weighted by atomic mass is 10.2. The van der Waals surface area contributed by atoms with Crippen molar-refractivity contribution in [2.24, 2.45) is 0 Å². The molecule has 5 heteroatoms. The molecule has 0 saturated heterocycles. The van der Waals surface area contributed by atoms with Crippen LogP contribution in [0.2, 0.25) is 0 Å². The highest BCUT2D eigenvalue weighted by Gasteiger charge is 2.17. The molecule has 0 bridgehead atoms. The summed E-state index contributed by atoms with van der Waals surface area (Å²) in [4.78, 5) is 22.9. The lowest BCUT2D eigenvalue weighted by Crippen LogP contribution is -2.39. The number of carbonyl (C=O) groups is 2. The molecular weight excluding hydrogens is 225 g/mol. The predicted octanol–water partition coefficient (Wildman–Crippen LogP) is 1.51. The van der Waals surface area contributed by atoms with Gasteiger partial charge in [0.25, 0.3) is 5.91 Å². The van der Waals surface area contributed by atoms with Crippen LogP contribution in [0.5, 0.6) is 0 Å². The van der Waals surface area contributed by atoms with Gasteiger partial charge in [-0.2, -0.15) is 0 Å². The minimum Gasteiger partial charge on any atom is -0.464 e. The molecule has 0 saturated carbocycles. The van der Waals surface area contributed by atoms with E-state index in [4.69, 9.17) is 4.74 Å². The van der Waals surface area contributed by atoms with E-state index in [1.54, 1.807) is 6.92 Å². The zero-order chi connectivity index (χ0) is 12.8. The van der Waals surface area contributed by atoms with Crippen LogP contribution in [0.4, 0.5) is 4.39 Å². The van der Waals surface area contributed by atoms with E-state index in [0.29, 0.717) is 0 Å². The van der Waals surface area contributed by atoms with Crippen LogP contribution in [0.15, 0.2) is 24.3 Å². The topological polar surface area (TPSA) is 55.4 Å². The molecule has 4 nitrogen and oxygen atoms in total. The third-order valence-corrected chi connectivity index (χ3v) is 2.07. The van der Waals surface area contributed by atoms with Crippen molar-refractivity contribution in [2.45, 2.75) is 19.9 Å². The van der Waals surface area contributed by atoms with Crippen molar-refractivity contribution in [3.63, 3.8) is 0 Å². The number of rotatable bonds is 4. The second-order valence-corrected chi connectivity index (χ2v) is 3.46. The van der Waals surface area contributed by atoms with Crippen molar-refractivity contribution >= 4 is 11.9 Å². The summed E-state index contributed by atoms with van der Waals surface area (Å²) in [6.07, 6.45) is 0. The van der Waals surface area contributed by atoms with E-state index in [0.717, 1.165) is 6.07 Å². The summed E-state index contributed by atoms with van der Waals surface area (Å²) in [5, 5.41) is 2.43. The number of hydrogen-bond acceptors (Lipinski definition) is 3. The van der Waals surface area contributed by atoms with Gasteiger partial charge in [0.15, 0.2) is 0 Å². The number of hydrogen-bond donors (Lipinski definition) is 1. The molecule has 0 aromatic heterocycles. The van der Waals surface area contributed by atoms with Crippen molar-refractivity contribution < 1.29 is 18.7 Å². The molecule has 0 spiro atoms. The summed E-state index contributed by atoms with van der Waals surface area (Å²) >= 11 is 0. The van der Waals surface area contributed by atoms with E-state index < -0.39 is 23.7 Å². The average Bonchev–Trinajstić information content (AvgIpc) is 2.29. The molecule has 0 fully saturated rings. The van der Waals surface area contributed by atoms with Gasteiger partial charge in [0.05, 0.1) is 6.61 Å². The zero-order valence-electron chi connectivity index (χ0n) is 9.70. The molecule has 0 radical (unpaired) electrons. The Morgan fingerprint density at radius 2 is 2.18 bits per heavy atom. The number of ether oxygens (including phenoxy) is 1. The Morgan fingerprint density at radius 3 is 2.76 bits per heavy atom. The van der Waals surface area contributed by atoms with E-state index in [-0.39, 0.29) is 12.2 Å². The quantitative estimate of drug-likeness (QED) is 0.810. The van der Waals surface area contributed by atoms with Crippen molar-refractivity contribution in [3.05, 3.63) is 35.6 Å². The first-order valence-electron chi connectivity index (χ1n) is 5.27. The van der Waals surface area contributed by atoms with Crippen LogP contribution in [-0.4, -0.2) is 24.5 Å². The van der Waals surface area contributed by atoms with E-state index in [1.807, 2.05) is 0 Å². The molecule has 92 valence electrons. The number of benzene rings is 1. The van der Waals surface area contributed by atoms with Crippen LogP contribution in [0.1, 0.15) is 24.2 Å². The summed E-state index contributed by atoms with van der Waals surface area (Å²) in [6.45, 7) is 3.44. The predicted molar refractivity (Wildman–Crippen MR) is 60.0 cm³/mol. The highest BCUT2D eigenvalue weighted by atomic mass is 19.1. The summed E-state index contributed by atoms with van der Waals surface area (Å²) in [7, 11) is 0. The Bertz CT molecular complexity index is 420. The number of esters is 1. The maximum absolute atomic E-state index is 12.9. The van der Waals surface area contributed by atoms with Gasteiger partial charge < -0.3 is 10.1 Å². The second kappa shape index (κ2) is 5.98. The largest absolute Gasteiger partial charge is 0.464 e. The van der Waals surface area contributed by atoms with Crippen molar-refractivity contribution in [3.8, 4) is 0 Å². The molecule has 1 amide bonds. The summed E-state index contributed by atoms with van der Waals surface area (Å²) in [5.41, 5.74) is 0.168. The van der Waals surface area contributed by atoms with Crippen molar-refractivity contribution in [1.82, 2.24) is 5.32 Å². The molecule has 0 aliphatic heterocycles. The van der Waals surface area contributed by atoms with Gasteiger partial charge in [0, 0.05) is 5.56 Å². The average molecular weight is 239 g/mol. The number of nitrogens with one attached hydrogen (secondary N) is 1. The Hall–Kier alpha value is -1.91. The van der Waals surface area contributed by atoms with Gasteiger partial charge in [-0.25, -0.2) is 9.18 Å². The first-order chi connectivity index (χ1) is 8.04.